The van der Waals surface area contributed by atoms with Crippen LogP contribution in [0.2, 0.25) is 0 Å². The number of rotatable bonds is 8. The second-order valence-corrected chi connectivity index (χ2v) is 6.10. The molecule has 1 N–H and O–H groups in total. The van der Waals surface area contributed by atoms with Gasteiger partial charge in [-0.2, -0.15) is 5.10 Å². The molecule has 134 valence electrons. The number of nitrogens with zero attached hydrogens (tertiary/aromatic N) is 2. The Hall–Kier alpha value is -2.92. The third-order valence-corrected chi connectivity index (χ3v) is 4.13. The minimum Gasteiger partial charge on any atom is -0.364 e. The average molecular weight is 349 g/mol. The molecule has 1 amide bonds. The van der Waals surface area contributed by atoms with Crippen molar-refractivity contribution < 1.29 is 9.53 Å². The summed E-state index contributed by atoms with van der Waals surface area (Å²) in [5.41, 5.74) is 2.28. The van der Waals surface area contributed by atoms with Crippen LogP contribution in [0.1, 0.15) is 18.1 Å². The fourth-order valence-electron chi connectivity index (χ4n) is 2.60. The molecule has 0 aliphatic heterocycles. The lowest BCUT2D eigenvalue weighted by molar-refractivity contribution is -0.127. The van der Waals surface area contributed by atoms with E-state index in [1.165, 1.54) is 5.56 Å². The second kappa shape index (κ2) is 8.97. The number of benzene rings is 2. The van der Waals surface area contributed by atoms with Gasteiger partial charge in [0, 0.05) is 12.6 Å². The number of nitrogens with one attached hydrogen (secondary N) is 1. The summed E-state index contributed by atoms with van der Waals surface area (Å²) >= 11 is 0. The van der Waals surface area contributed by atoms with Crippen LogP contribution in [-0.2, 0) is 29.1 Å². The van der Waals surface area contributed by atoms with Gasteiger partial charge in [-0.1, -0.05) is 60.7 Å². The van der Waals surface area contributed by atoms with Crippen LogP contribution in [0.15, 0.2) is 72.9 Å². The van der Waals surface area contributed by atoms with Crippen LogP contribution < -0.4 is 5.32 Å². The predicted octanol–water partition coefficient (Wildman–Crippen LogP) is 3.67. The first-order valence-corrected chi connectivity index (χ1v) is 8.74. The van der Waals surface area contributed by atoms with Gasteiger partial charge in [0.2, 0.25) is 0 Å². The lowest BCUT2D eigenvalue weighted by Gasteiger charge is -2.14. The number of hydrogen-bond donors (Lipinski definition) is 1. The zero-order chi connectivity index (χ0) is 18.2. The number of carbonyl (C=O) groups is 1. The van der Waals surface area contributed by atoms with Gasteiger partial charge in [0.1, 0.15) is 11.9 Å². The summed E-state index contributed by atoms with van der Waals surface area (Å²) in [6.45, 7) is 2.86. The van der Waals surface area contributed by atoms with Gasteiger partial charge in [-0.3, -0.25) is 4.79 Å². The minimum atomic E-state index is -0.548. The Kier molecular flexibility index (Phi) is 6.17. The summed E-state index contributed by atoms with van der Waals surface area (Å²) in [5, 5.41) is 7.20. The van der Waals surface area contributed by atoms with Crippen LogP contribution in [0.5, 0.6) is 0 Å². The molecule has 0 spiro atoms. The first-order chi connectivity index (χ1) is 12.7. The average Bonchev–Trinajstić information content (AvgIpc) is 3.13. The maximum Gasteiger partial charge on any atom is 0.254 e. The van der Waals surface area contributed by atoms with E-state index in [9.17, 15) is 4.79 Å². The van der Waals surface area contributed by atoms with Gasteiger partial charge in [0.15, 0.2) is 0 Å². The summed E-state index contributed by atoms with van der Waals surface area (Å²) in [6.07, 6.45) is 1.99. The molecule has 3 aromatic rings. The Morgan fingerprint density at radius 3 is 2.38 bits per heavy atom. The van der Waals surface area contributed by atoms with Gasteiger partial charge in [-0.15, -0.1) is 0 Å². The fraction of sp³-hybridized carbons (Fsp3) is 0.238. The highest BCUT2D eigenvalue weighted by Crippen LogP contribution is 2.11. The molecule has 0 saturated heterocycles. The van der Waals surface area contributed by atoms with Crippen LogP contribution in [0.25, 0.3) is 0 Å². The van der Waals surface area contributed by atoms with E-state index in [-0.39, 0.29) is 5.91 Å². The fourth-order valence-corrected chi connectivity index (χ4v) is 2.60. The van der Waals surface area contributed by atoms with Crippen LogP contribution in [0.4, 0.5) is 5.82 Å². The zero-order valence-corrected chi connectivity index (χ0v) is 14.8. The van der Waals surface area contributed by atoms with Crippen molar-refractivity contribution in [1.29, 1.82) is 0 Å². The molecule has 1 aromatic heterocycles. The third kappa shape index (κ3) is 5.04. The van der Waals surface area contributed by atoms with E-state index in [2.05, 4.69) is 22.5 Å². The van der Waals surface area contributed by atoms with E-state index in [1.807, 2.05) is 48.5 Å². The first kappa shape index (κ1) is 17.9. The number of carbonyl (C=O) groups excluding carboxylic acids is 1. The van der Waals surface area contributed by atoms with Crippen molar-refractivity contribution in [2.24, 2.45) is 0 Å². The molecule has 3 rings (SSSR count). The van der Waals surface area contributed by atoms with Crippen molar-refractivity contribution in [1.82, 2.24) is 9.78 Å². The lowest BCUT2D eigenvalue weighted by Crippen LogP contribution is -2.28. The lowest BCUT2D eigenvalue weighted by atomic mass is 10.1. The Morgan fingerprint density at radius 1 is 1.04 bits per heavy atom. The number of aromatic nitrogens is 2. The number of amides is 1. The third-order valence-electron chi connectivity index (χ3n) is 4.13. The van der Waals surface area contributed by atoms with Gasteiger partial charge in [0.25, 0.3) is 5.91 Å². The number of aryl methyl sites for hydroxylation is 2. The molecule has 1 unspecified atom stereocenters. The highest BCUT2D eigenvalue weighted by Gasteiger charge is 2.15. The van der Waals surface area contributed by atoms with Crippen LogP contribution >= 0.6 is 0 Å². The predicted molar refractivity (Wildman–Crippen MR) is 102 cm³/mol. The van der Waals surface area contributed by atoms with Gasteiger partial charge in [-0.25, -0.2) is 4.68 Å². The van der Waals surface area contributed by atoms with E-state index in [1.54, 1.807) is 23.9 Å². The van der Waals surface area contributed by atoms with E-state index in [0.717, 1.165) is 12.0 Å². The SMILES string of the molecule is CC(OCc1ccccc1)C(=O)Nc1ccnn1CCc1ccccc1. The molecular weight excluding hydrogens is 326 g/mol. The quantitative estimate of drug-likeness (QED) is 0.675. The van der Waals surface area contributed by atoms with Crippen LogP contribution in [0.3, 0.4) is 0 Å². The number of ether oxygens (including phenoxy) is 1. The molecule has 0 aliphatic rings. The molecule has 5 nitrogen and oxygen atoms in total. The molecule has 0 fully saturated rings. The summed E-state index contributed by atoms with van der Waals surface area (Å²) in [4.78, 5) is 12.4. The van der Waals surface area contributed by atoms with Gasteiger partial charge < -0.3 is 10.1 Å². The number of anilines is 1. The topological polar surface area (TPSA) is 56.1 Å². The maximum atomic E-state index is 12.4. The van der Waals surface area contributed by atoms with Gasteiger partial charge >= 0.3 is 0 Å². The molecule has 1 heterocycles. The van der Waals surface area contributed by atoms with Crippen molar-refractivity contribution in [3.05, 3.63) is 84.1 Å². The molecule has 0 aliphatic carbocycles. The van der Waals surface area contributed by atoms with Crippen molar-refractivity contribution in [2.75, 3.05) is 5.32 Å². The standard InChI is InChI=1S/C21H23N3O2/c1-17(26-16-19-10-6-3-7-11-19)21(25)23-20-12-14-22-24(20)15-13-18-8-4-2-5-9-18/h2-12,14,17H,13,15-16H2,1H3,(H,23,25). The van der Waals surface area contributed by atoms with Crippen molar-refractivity contribution >= 4 is 11.7 Å². The number of hydrogen-bond acceptors (Lipinski definition) is 3. The summed E-state index contributed by atoms with van der Waals surface area (Å²) in [5.74, 6) is 0.503. The van der Waals surface area contributed by atoms with Gasteiger partial charge in [-0.05, 0) is 24.5 Å². The van der Waals surface area contributed by atoms with Gasteiger partial charge in [0.05, 0.1) is 12.8 Å². The van der Waals surface area contributed by atoms with Crippen molar-refractivity contribution in [3.63, 3.8) is 0 Å². The Morgan fingerprint density at radius 2 is 1.69 bits per heavy atom. The highest BCUT2D eigenvalue weighted by atomic mass is 16.5. The molecule has 5 heteroatoms. The van der Waals surface area contributed by atoms with E-state index in [4.69, 9.17) is 4.74 Å². The molecule has 2 aromatic carbocycles. The largest absolute Gasteiger partial charge is 0.364 e. The monoisotopic (exact) mass is 349 g/mol. The molecule has 1 atom stereocenters. The van der Waals surface area contributed by atoms with Crippen LogP contribution in [0, 0.1) is 0 Å². The van der Waals surface area contributed by atoms with E-state index < -0.39 is 6.10 Å². The molecular formula is C21H23N3O2. The highest BCUT2D eigenvalue weighted by molar-refractivity contribution is 5.93. The maximum absolute atomic E-state index is 12.4. The first-order valence-electron chi connectivity index (χ1n) is 8.74. The Balaban J connectivity index is 1.52. The van der Waals surface area contributed by atoms with Crippen molar-refractivity contribution in [2.45, 2.75) is 32.6 Å². The second-order valence-electron chi connectivity index (χ2n) is 6.10. The van der Waals surface area contributed by atoms with Crippen molar-refractivity contribution in [3.8, 4) is 0 Å². The Labute approximate surface area is 153 Å². The minimum absolute atomic E-state index is 0.178. The Bertz CT molecular complexity index is 816. The molecule has 0 saturated carbocycles. The normalized spacial score (nSPS) is 11.9. The van der Waals surface area contributed by atoms with E-state index in [0.29, 0.717) is 19.0 Å². The van der Waals surface area contributed by atoms with E-state index >= 15 is 0 Å². The van der Waals surface area contributed by atoms with Crippen LogP contribution in [-0.4, -0.2) is 21.8 Å². The summed E-state index contributed by atoms with van der Waals surface area (Å²) in [6, 6.07) is 21.8. The molecule has 26 heavy (non-hydrogen) atoms. The zero-order valence-electron chi connectivity index (χ0n) is 14.8. The molecule has 0 bridgehead atoms. The summed E-state index contributed by atoms with van der Waals surface area (Å²) < 4.78 is 7.47. The smallest absolute Gasteiger partial charge is 0.254 e. The summed E-state index contributed by atoms with van der Waals surface area (Å²) in [7, 11) is 0. The molecule has 0 radical (unpaired) electrons.